The molecule has 2 aliphatic heterocycles. The molecule has 35 heavy (non-hydrogen) atoms. The van der Waals surface area contributed by atoms with Crippen molar-refractivity contribution in [2.75, 3.05) is 19.8 Å². The summed E-state index contributed by atoms with van der Waals surface area (Å²) in [5.74, 6) is 0. The van der Waals surface area contributed by atoms with Gasteiger partial charge in [0.05, 0.1) is 13.2 Å². The maximum Gasteiger partial charge on any atom is 0.187 e. The topological polar surface area (TPSA) is 179 Å². The van der Waals surface area contributed by atoms with Gasteiger partial charge in [0, 0.05) is 6.61 Å². The second kappa shape index (κ2) is 16.4. The molecule has 0 radical (unpaired) electrons. The minimum absolute atomic E-state index is 0.321. The first-order valence-electron chi connectivity index (χ1n) is 13.1. The maximum atomic E-state index is 10.6. The van der Waals surface area contributed by atoms with Crippen LogP contribution in [0, 0.1) is 0 Å². The Morgan fingerprint density at radius 3 is 1.66 bits per heavy atom. The molecule has 11 nitrogen and oxygen atoms in total. The molecule has 2 rings (SSSR count). The zero-order valence-electron chi connectivity index (χ0n) is 20.7. The van der Waals surface area contributed by atoms with Gasteiger partial charge < -0.3 is 54.7 Å². The van der Waals surface area contributed by atoms with E-state index in [1.807, 2.05) is 0 Å². The van der Waals surface area contributed by atoms with Crippen molar-refractivity contribution in [3.63, 3.8) is 0 Å². The molecule has 2 saturated heterocycles. The van der Waals surface area contributed by atoms with Crippen LogP contribution in [-0.4, -0.2) is 117 Å². The Labute approximate surface area is 207 Å². The van der Waals surface area contributed by atoms with Gasteiger partial charge >= 0.3 is 0 Å². The van der Waals surface area contributed by atoms with Gasteiger partial charge in [-0.15, -0.1) is 0 Å². The lowest BCUT2D eigenvalue weighted by Gasteiger charge is -2.45. The smallest absolute Gasteiger partial charge is 0.187 e. The van der Waals surface area contributed by atoms with Gasteiger partial charge in [0.25, 0.3) is 0 Å². The summed E-state index contributed by atoms with van der Waals surface area (Å²) < 4.78 is 22.0. The minimum atomic E-state index is -1.69. The molecule has 7 N–H and O–H groups in total. The van der Waals surface area contributed by atoms with Crippen LogP contribution in [0.25, 0.3) is 0 Å². The summed E-state index contributed by atoms with van der Waals surface area (Å²) in [6.07, 6.45) is -2.63. The summed E-state index contributed by atoms with van der Waals surface area (Å²) in [4.78, 5) is 0. The number of unbranched alkanes of at least 4 members (excludes halogenated alkanes) is 9. The highest BCUT2D eigenvalue weighted by molar-refractivity contribution is 4.94. The van der Waals surface area contributed by atoms with E-state index >= 15 is 0 Å². The average molecular weight is 511 g/mol. The van der Waals surface area contributed by atoms with Gasteiger partial charge in [0.1, 0.15) is 48.8 Å². The summed E-state index contributed by atoms with van der Waals surface area (Å²) in [6.45, 7) is 1.31. The number of rotatable bonds is 16. The van der Waals surface area contributed by atoms with Gasteiger partial charge in [-0.1, -0.05) is 64.7 Å². The minimum Gasteiger partial charge on any atom is -0.394 e. The van der Waals surface area contributed by atoms with E-state index in [0.29, 0.717) is 6.61 Å². The van der Waals surface area contributed by atoms with Crippen LogP contribution in [0.1, 0.15) is 71.1 Å². The van der Waals surface area contributed by atoms with Gasteiger partial charge in [0.2, 0.25) is 0 Å². The van der Waals surface area contributed by atoms with Crippen LogP contribution in [0.15, 0.2) is 0 Å². The second-order valence-corrected chi connectivity index (χ2v) is 9.56. The standard InChI is InChI=1S/C24H46O11/c1-2-3-4-5-6-7-8-9-10-11-12-32-23-21(31)19(29)22(16(14-26)34-23)35-24-20(30)18(28)17(27)15(13-25)33-24/h15-31H,2-14H2,1H3/t15?,16?,17?,18?,19?,20-,21-,22?,23+,24-/m0/s1. The highest BCUT2D eigenvalue weighted by atomic mass is 16.7. The molecule has 0 aromatic rings. The lowest BCUT2D eigenvalue weighted by Crippen LogP contribution is -2.64. The number of hydrogen-bond donors (Lipinski definition) is 7. The molecule has 0 saturated carbocycles. The van der Waals surface area contributed by atoms with Crippen molar-refractivity contribution in [3.05, 3.63) is 0 Å². The van der Waals surface area contributed by atoms with Crippen LogP contribution in [0.5, 0.6) is 0 Å². The van der Waals surface area contributed by atoms with E-state index in [1.54, 1.807) is 0 Å². The third kappa shape index (κ3) is 9.11. The average Bonchev–Trinajstić information content (AvgIpc) is 2.86. The molecule has 6 unspecified atom stereocenters. The Balaban J connectivity index is 1.74. The van der Waals surface area contributed by atoms with E-state index in [0.717, 1.165) is 19.3 Å². The van der Waals surface area contributed by atoms with Gasteiger partial charge in [-0.2, -0.15) is 0 Å². The third-order valence-corrected chi connectivity index (χ3v) is 6.74. The fraction of sp³-hybridized carbons (Fsp3) is 1.00. The number of hydrogen-bond acceptors (Lipinski definition) is 11. The van der Waals surface area contributed by atoms with Crippen LogP contribution in [-0.2, 0) is 18.9 Å². The largest absolute Gasteiger partial charge is 0.394 e. The summed E-state index contributed by atoms with van der Waals surface area (Å²) >= 11 is 0. The molecule has 10 atom stereocenters. The lowest BCUT2D eigenvalue weighted by molar-refractivity contribution is -0.359. The monoisotopic (exact) mass is 510 g/mol. The van der Waals surface area contributed by atoms with Gasteiger partial charge in [-0.05, 0) is 6.42 Å². The van der Waals surface area contributed by atoms with E-state index in [4.69, 9.17) is 18.9 Å². The number of aliphatic hydroxyl groups is 7. The molecule has 208 valence electrons. The quantitative estimate of drug-likeness (QED) is 0.134. The van der Waals surface area contributed by atoms with Crippen molar-refractivity contribution in [2.24, 2.45) is 0 Å². The second-order valence-electron chi connectivity index (χ2n) is 9.56. The van der Waals surface area contributed by atoms with Gasteiger partial charge in [-0.3, -0.25) is 0 Å². The van der Waals surface area contributed by atoms with Gasteiger partial charge in [-0.25, -0.2) is 0 Å². The Morgan fingerprint density at radius 1 is 0.571 bits per heavy atom. The molecule has 2 heterocycles. The molecule has 0 bridgehead atoms. The fourth-order valence-corrected chi connectivity index (χ4v) is 4.48. The van der Waals surface area contributed by atoms with Crippen LogP contribution < -0.4 is 0 Å². The molecule has 2 fully saturated rings. The number of ether oxygens (including phenoxy) is 4. The highest BCUT2D eigenvalue weighted by Crippen LogP contribution is 2.29. The Bertz CT molecular complexity index is 550. The summed E-state index contributed by atoms with van der Waals surface area (Å²) in [5.41, 5.74) is 0. The predicted molar refractivity (Wildman–Crippen MR) is 124 cm³/mol. The van der Waals surface area contributed by atoms with Crippen LogP contribution in [0.3, 0.4) is 0 Å². The zero-order chi connectivity index (χ0) is 25.8. The molecule has 0 amide bonds. The maximum absolute atomic E-state index is 10.6. The first-order valence-corrected chi connectivity index (χ1v) is 13.1. The zero-order valence-corrected chi connectivity index (χ0v) is 20.7. The van der Waals surface area contributed by atoms with E-state index in [1.165, 1.54) is 44.9 Å². The molecule has 0 spiro atoms. The van der Waals surface area contributed by atoms with Gasteiger partial charge in [0.15, 0.2) is 12.6 Å². The van der Waals surface area contributed by atoms with Crippen molar-refractivity contribution in [2.45, 2.75) is 133 Å². The first-order chi connectivity index (χ1) is 16.8. The summed E-state index contributed by atoms with van der Waals surface area (Å²) in [5, 5.41) is 70.1. The summed E-state index contributed by atoms with van der Waals surface area (Å²) in [7, 11) is 0. The number of aliphatic hydroxyl groups excluding tert-OH is 7. The van der Waals surface area contributed by atoms with Crippen molar-refractivity contribution in [1.82, 2.24) is 0 Å². The molecular weight excluding hydrogens is 464 g/mol. The molecular formula is C24H46O11. The first kappa shape index (κ1) is 30.8. The molecule has 11 heteroatoms. The normalized spacial score (nSPS) is 38.1. The van der Waals surface area contributed by atoms with Crippen LogP contribution in [0.4, 0.5) is 0 Å². The molecule has 0 aromatic heterocycles. The Morgan fingerprint density at radius 2 is 1.09 bits per heavy atom. The van der Waals surface area contributed by atoms with Crippen LogP contribution >= 0.6 is 0 Å². The predicted octanol–water partition coefficient (Wildman–Crippen LogP) is -0.452. The van der Waals surface area contributed by atoms with Crippen LogP contribution in [0.2, 0.25) is 0 Å². The SMILES string of the molecule is CCCCCCCCCCCCO[C@@H]1OC(CO)C(O[C@@H]2OC(CO)C(O)C(O)[C@@H]2O)C(O)[C@@H]1O. The van der Waals surface area contributed by atoms with Crippen molar-refractivity contribution in [3.8, 4) is 0 Å². The third-order valence-electron chi connectivity index (χ3n) is 6.74. The lowest BCUT2D eigenvalue weighted by atomic mass is 9.97. The Kier molecular flexibility index (Phi) is 14.4. The summed E-state index contributed by atoms with van der Waals surface area (Å²) in [6, 6.07) is 0. The highest BCUT2D eigenvalue weighted by Gasteiger charge is 2.50. The Hall–Kier alpha value is -0.440. The van der Waals surface area contributed by atoms with E-state index in [9.17, 15) is 35.7 Å². The molecule has 0 aromatic carbocycles. The fourth-order valence-electron chi connectivity index (χ4n) is 4.48. The van der Waals surface area contributed by atoms with E-state index in [-0.39, 0.29) is 0 Å². The van der Waals surface area contributed by atoms with Crippen molar-refractivity contribution in [1.29, 1.82) is 0 Å². The molecule has 0 aliphatic carbocycles. The van der Waals surface area contributed by atoms with E-state index < -0.39 is 74.6 Å². The van der Waals surface area contributed by atoms with E-state index in [2.05, 4.69) is 6.92 Å². The molecule has 2 aliphatic rings. The van der Waals surface area contributed by atoms with Crippen molar-refractivity contribution >= 4 is 0 Å². The van der Waals surface area contributed by atoms with Crippen molar-refractivity contribution < 1.29 is 54.7 Å².